The number of amides is 1. The Morgan fingerprint density at radius 3 is 2.83 bits per heavy atom. The average Bonchev–Trinajstić information content (AvgIpc) is 2.28. The lowest BCUT2D eigenvalue weighted by Gasteiger charge is -2.31. The zero-order chi connectivity index (χ0) is 13.5. The summed E-state index contributed by atoms with van der Waals surface area (Å²) in [6.07, 6.45) is 3.79. The number of carbonyl (C=O) groups excluding carboxylic acids is 1. The first-order valence-corrected chi connectivity index (χ1v) is 6.77. The fourth-order valence-corrected chi connectivity index (χ4v) is 2.47. The number of hydrogen-bond acceptors (Lipinski definition) is 3. The molecule has 0 aromatic carbocycles. The molecule has 1 aliphatic rings. The number of hydrogen-bond donors (Lipinski definition) is 2. The lowest BCUT2D eigenvalue weighted by atomic mass is 9.96. The fourth-order valence-electron chi connectivity index (χ4n) is 2.47. The highest BCUT2D eigenvalue weighted by atomic mass is 16.4. The molecule has 18 heavy (non-hydrogen) atoms. The van der Waals surface area contributed by atoms with E-state index in [4.69, 9.17) is 5.11 Å². The van der Waals surface area contributed by atoms with Crippen LogP contribution in [0.4, 0.5) is 0 Å². The van der Waals surface area contributed by atoms with E-state index < -0.39 is 5.97 Å². The molecular formula is C13H24N2O3. The molecule has 0 aromatic heterocycles. The Morgan fingerprint density at radius 1 is 1.50 bits per heavy atom. The Morgan fingerprint density at radius 2 is 2.22 bits per heavy atom. The van der Waals surface area contributed by atoms with Crippen molar-refractivity contribution in [2.45, 2.75) is 45.6 Å². The number of carboxylic acid groups (broad SMARTS) is 1. The molecule has 5 nitrogen and oxygen atoms in total. The second-order valence-electron chi connectivity index (χ2n) is 5.17. The summed E-state index contributed by atoms with van der Waals surface area (Å²) in [7, 11) is 0. The normalized spacial score (nSPS) is 22.4. The highest BCUT2D eigenvalue weighted by molar-refractivity contribution is 5.79. The monoisotopic (exact) mass is 256 g/mol. The van der Waals surface area contributed by atoms with E-state index in [0.717, 1.165) is 32.2 Å². The van der Waals surface area contributed by atoms with Gasteiger partial charge in [0, 0.05) is 12.6 Å². The second kappa shape index (κ2) is 7.36. The van der Waals surface area contributed by atoms with Crippen molar-refractivity contribution in [3.63, 3.8) is 0 Å². The van der Waals surface area contributed by atoms with E-state index in [1.54, 1.807) is 0 Å². The van der Waals surface area contributed by atoms with E-state index in [1.165, 1.54) is 0 Å². The molecule has 2 N–H and O–H groups in total. The maximum absolute atomic E-state index is 12.0. The minimum Gasteiger partial charge on any atom is -0.480 e. The quantitative estimate of drug-likeness (QED) is 0.746. The van der Waals surface area contributed by atoms with Gasteiger partial charge in [0.15, 0.2) is 0 Å². The van der Waals surface area contributed by atoms with Crippen LogP contribution in [0.5, 0.6) is 0 Å². The Bertz CT molecular complexity index is 294. The van der Waals surface area contributed by atoms with E-state index in [2.05, 4.69) is 12.2 Å². The molecule has 0 bridgehead atoms. The van der Waals surface area contributed by atoms with Crippen LogP contribution < -0.4 is 5.32 Å². The van der Waals surface area contributed by atoms with Crippen molar-refractivity contribution in [3.8, 4) is 0 Å². The number of carboxylic acids is 1. The van der Waals surface area contributed by atoms with Crippen LogP contribution in [0.15, 0.2) is 0 Å². The maximum Gasteiger partial charge on any atom is 0.317 e. The van der Waals surface area contributed by atoms with Gasteiger partial charge in [-0.1, -0.05) is 13.3 Å². The largest absolute Gasteiger partial charge is 0.480 e. The standard InChI is InChI=1S/C13H24N2O3/c1-3-5-10(2)14-13(18)11-6-4-7-15(8-11)9-12(16)17/h10-11H,3-9H2,1-2H3,(H,14,18)(H,16,17)/t10-,11-/m0/s1. The third kappa shape index (κ3) is 5.04. The van der Waals surface area contributed by atoms with Crippen molar-refractivity contribution in [2.75, 3.05) is 19.6 Å². The average molecular weight is 256 g/mol. The molecule has 1 rings (SSSR count). The van der Waals surface area contributed by atoms with E-state index in [0.29, 0.717) is 6.54 Å². The van der Waals surface area contributed by atoms with E-state index in [1.807, 2.05) is 11.8 Å². The molecule has 0 aromatic rings. The number of rotatable bonds is 6. The van der Waals surface area contributed by atoms with E-state index in [-0.39, 0.29) is 24.4 Å². The van der Waals surface area contributed by atoms with Crippen LogP contribution in [-0.2, 0) is 9.59 Å². The summed E-state index contributed by atoms with van der Waals surface area (Å²) in [4.78, 5) is 24.5. The molecule has 2 atom stereocenters. The third-order valence-electron chi connectivity index (χ3n) is 3.35. The first-order chi connectivity index (χ1) is 8.52. The molecule has 0 saturated carbocycles. The fraction of sp³-hybridized carbons (Fsp3) is 0.846. The summed E-state index contributed by atoms with van der Waals surface area (Å²) >= 11 is 0. The van der Waals surface area contributed by atoms with Crippen molar-refractivity contribution < 1.29 is 14.7 Å². The lowest BCUT2D eigenvalue weighted by molar-refractivity contribution is -0.140. The summed E-state index contributed by atoms with van der Waals surface area (Å²) in [5, 5.41) is 11.8. The summed E-state index contributed by atoms with van der Waals surface area (Å²) in [5.74, 6) is -0.807. The molecular weight excluding hydrogens is 232 g/mol. The minimum absolute atomic E-state index is 0.0360. The van der Waals surface area contributed by atoms with E-state index >= 15 is 0 Å². The molecule has 0 aliphatic carbocycles. The van der Waals surface area contributed by atoms with Gasteiger partial charge in [0.05, 0.1) is 12.5 Å². The SMILES string of the molecule is CCC[C@H](C)NC(=O)[C@H]1CCCN(CC(=O)O)C1. The number of carbonyl (C=O) groups is 2. The minimum atomic E-state index is -0.824. The second-order valence-corrected chi connectivity index (χ2v) is 5.17. The molecule has 1 amide bonds. The zero-order valence-corrected chi connectivity index (χ0v) is 11.3. The highest BCUT2D eigenvalue weighted by Gasteiger charge is 2.27. The first kappa shape index (κ1) is 15.0. The number of nitrogens with zero attached hydrogens (tertiary/aromatic N) is 1. The lowest BCUT2D eigenvalue weighted by Crippen LogP contribution is -2.46. The number of likely N-dealkylation sites (tertiary alicyclic amines) is 1. The molecule has 0 radical (unpaired) electrons. The van der Waals surface area contributed by atoms with Gasteiger partial charge in [0.1, 0.15) is 0 Å². The molecule has 1 heterocycles. The van der Waals surface area contributed by atoms with Gasteiger partial charge in [0.2, 0.25) is 5.91 Å². The van der Waals surface area contributed by atoms with Crippen LogP contribution in [0.1, 0.15) is 39.5 Å². The first-order valence-electron chi connectivity index (χ1n) is 6.77. The van der Waals surface area contributed by atoms with Crippen LogP contribution in [0, 0.1) is 5.92 Å². The predicted molar refractivity (Wildman–Crippen MR) is 69.3 cm³/mol. The van der Waals surface area contributed by atoms with Crippen molar-refractivity contribution in [2.24, 2.45) is 5.92 Å². The van der Waals surface area contributed by atoms with Crippen LogP contribution >= 0.6 is 0 Å². The number of piperidine rings is 1. The van der Waals surface area contributed by atoms with Crippen molar-refractivity contribution in [3.05, 3.63) is 0 Å². The summed E-state index contributed by atoms with van der Waals surface area (Å²) in [6.45, 7) is 5.49. The topological polar surface area (TPSA) is 69.6 Å². The van der Waals surface area contributed by atoms with Gasteiger partial charge in [-0.3, -0.25) is 14.5 Å². The van der Waals surface area contributed by atoms with Crippen LogP contribution in [0.3, 0.4) is 0 Å². The predicted octanol–water partition coefficient (Wildman–Crippen LogP) is 1.09. The number of aliphatic carboxylic acids is 1. The van der Waals surface area contributed by atoms with Gasteiger partial charge in [-0.15, -0.1) is 0 Å². The Labute approximate surface area is 109 Å². The van der Waals surface area contributed by atoms with Gasteiger partial charge in [0.25, 0.3) is 0 Å². The Balaban J connectivity index is 2.40. The van der Waals surface area contributed by atoms with Gasteiger partial charge < -0.3 is 10.4 Å². The molecule has 104 valence electrons. The summed E-state index contributed by atoms with van der Waals surface area (Å²) in [6, 6.07) is 0.206. The van der Waals surface area contributed by atoms with Gasteiger partial charge in [-0.05, 0) is 32.7 Å². The Kier molecular flexibility index (Phi) is 6.12. The van der Waals surface area contributed by atoms with Crippen molar-refractivity contribution in [1.29, 1.82) is 0 Å². The van der Waals surface area contributed by atoms with Gasteiger partial charge >= 0.3 is 5.97 Å². The Hall–Kier alpha value is -1.10. The molecule has 1 aliphatic heterocycles. The third-order valence-corrected chi connectivity index (χ3v) is 3.35. The smallest absolute Gasteiger partial charge is 0.317 e. The number of nitrogens with one attached hydrogen (secondary N) is 1. The van der Waals surface area contributed by atoms with Gasteiger partial charge in [-0.25, -0.2) is 0 Å². The molecule has 0 spiro atoms. The summed E-state index contributed by atoms with van der Waals surface area (Å²) < 4.78 is 0. The van der Waals surface area contributed by atoms with E-state index in [9.17, 15) is 9.59 Å². The van der Waals surface area contributed by atoms with Gasteiger partial charge in [-0.2, -0.15) is 0 Å². The van der Waals surface area contributed by atoms with Crippen LogP contribution in [-0.4, -0.2) is 47.6 Å². The van der Waals surface area contributed by atoms with Crippen molar-refractivity contribution >= 4 is 11.9 Å². The molecule has 5 heteroatoms. The summed E-state index contributed by atoms with van der Waals surface area (Å²) in [5.41, 5.74) is 0. The van der Waals surface area contributed by atoms with Crippen LogP contribution in [0.25, 0.3) is 0 Å². The molecule has 1 saturated heterocycles. The van der Waals surface area contributed by atoms with Crippen LogP contribution in [0.2, 0.25) is 0 Å². The highest BCUT2D eigenvalue weighted by Crippen LogP contribution is 2.16. The molecule has 1 fully saturated rings. The molecule has 0 unspecified atom stereocenters. The maximum atomic E-state index is 12.0. The van der Waals surface area contributed by atoms with Crippen molar-refractivity contribution in [1.82, 2.24) is 10.2 Å². The zero-order valence-electron chi connectivity index (χ0n) is 11.3.